The van der Waals surface area contributed by atoms with Crippen molar-refractivity contribution in [3.05, 3.63) is 0 Å². The molecule has 1 amide bonds. The number of piperidine rings is 1. The van der Waals surface area contributed by atoms with Crippen LogP contribution in [0.2, 0.25) is 0 Å². The first-order valence-electron chi connectivity index (χ1n) is 7.26. The summed E-state index contributed by atoms with van der Waals surface area (Å²) in [5.74, 6) is 0.232. The molecule has 2 unspecified atom stereocenters. The SMILES string of the molecule is CC1(O)CCN(C(=O)C2CCCCCC2N)CC1. The summed E-state index contributed by atoms with van der Waals surface area (Å²) >= 11 is 0. The zero-order valence-corrected chi connectivity index (χ0v) is 11.4. The second kappa shape index (κ2) is 5.57. The van der Waals surface area contributed by atoms with Gasteiger partial charge in [0.15, 0.2) is 0 Å². The lowest BCUT2D eigenvalue weighted by Crippen LogP contribution is -2.50. The molecule has 1 saturated heterocycles. The first-order valence-corrected chi connectivity index (χ1v) is 7.26. The Morgan fingerprint density at radius 3 is 2.50 bits per heavy atom. The molecule has 0 aromatic rings. The largest absolute Gasteiger partial charge is 0.390 e. The molecule has 1 heterocycles. The standard InChI is InChI=1S/C14H26N2O2/c1-14(18)7-9-16(10-8-14)13(17)11-5-3-2-4-6-12(11)15/h11-12,18H,2-10,15H2,1H3. The molecule has 18 heavy (non-hydrogen) atoms. The minimum Gasteiger partial charge on any atom is -0.390 e. The van der Waals surface area contributed by atoms with E-state index >= 15 is 0 Å². The van der Waals surface area contributed by atoms with Crippen molar-refractivity contribution in [3.8, 4) is 0 Å². The molecule has 1 aliphatic carbocycles. The summed E-state index contributed by atoms with van der Waals surface area (Å²) in [4.78, 5) is 14.4. The summed E-state index contributed by atoms with van der Waals surface area (Å²) in [6.45, 7) is 3.20. The molecule has 2 aliphatic rings. The van der Waals surface area contributed by atoms with Crippen LogP contribution < -0.4 is 5.73 Å². The second-order valence-corrected chi connectivity index (χ2v) is 6.23. The average Bonchev–Trinajstić information content (AvgIpc) is 2.53. The van der Waals surface area contributed by atoms with Crippen molar-refractivity contribution in [2.45, 2.75) is 63.5 Å². The van der Waals surface area contributed by atoms with Crippen LogP contribution >= 0.6 is 0 Å². The summed E-state index contributed by atoms with van der Waals surface area (Å²) in [5, 5.41) is 9.92. The van der Waals surface area contributed by atoms with Crippen LogP contribution in [0, 0.1) is 5.92 Å². The molecule has 2 fully saturated rings. The van der Waals surface area contributed by atoms with E-state index in [0.29, 0.717) is 25.9 Å². The average molecular weight is 254 g/mol. The zero-order chi connectivity index (χ0) is 13.2. The van der Waals surface area contributed by atoms with E-state index in [1.807, 2.05) is 11.8 Å². The Morgan fingerprint density at radius 2 is 1.83 bits per heavy atom. The molecule has 1 saturated carbocycles. The van der Waals surface area contributed by atoms with Gasteiger partial charge >= 0.3 is 0 Å². The van der Waals surface area contributed by atoms with Gasteiger partial charge in [-0.3, -0.25) is 4.79 Å². The zero-order valence-electron chi connectivity index (χ0n) is 11.4. The molecule has 2 atom stereocenters. The molecule has 4 nitrogen and oxygen atoms in total. The third-order valence-corrected chi connectivity index (χ3v) is 4.54. The first kappa shape index (κ1) is 13.8. The highest BCUT2D eigenvalue weighted by molar-refractivity contribution is 5.79. The van der Waals surface area contributed by atoms with Crippen LogP contribution in [0.25, 0.3) is 0 Å². The Hall–Kier alpha value is -0.610. The topological polar surface area (TPSA) is 66.6 Å². The van der Waals surface area contributed by atoms with Crippen LogP contribution in [0.15, 0.2) is 0 Å². The molecule has 0 aromatic carbocycles. The number of carbonyl (C=O) groups excluding carboxylic acids is 1. The van der Waals surface area contributed by atoms with Crippen molar-refractivity contribution >= 4 is 5.91 Å². The monoisotopic (exact) mass is 254 g/mol. The van der Waals surface area contributed by atoms with Gasteiger partial charge in [0.05, 0.1) is 11.5 Å². The van der Waals surface area contributed by atoms with Gasteiger partial charge in [-0.2, -0.15) is 0 Å². The molecule has 0 aromatic heterocycles. The summed E-state index contributed by atoms with van der Waals surface area (Å²) in [6, 6.07) is 0.0300. The minimum atomic E-state index is -0.595. The quantitative estimate of drug-likeness (QED) is 0.692. The number of carbonyl (C=O) groups is 1. The van der Waals surface area contributed by atoms with E-state index in [4.69, 9.17) is 5.73 Å². The molecule has 0 bridgehead atoms. The van der Waals surface area contributed by atoms with E-state index in [1.54, 1.807) is 0 Å². The molecule has 1 aliphatic heterocycles. The molecule has 2 rings (SSSR count). The van der Waals surface area contributed by atoms with E-state index in [-0.39, 0.29) is 17.9 Å². The number of hydrogen-bond acceptors (Lipinski definition) is 3. The predicted molar refractivity (Wildman–Crippen MR) is 71.0 cm³/mol. The maximum Gasteiger partial charge on any atom is 0.227 e. The van der Waals surface area contributed by atoms with E-state index in [1.165, 1.54) is 6.42 Å². The van der Waals surface area contributed by atoms with Crippen molar-refractivity contribution in [1.29, 1.82) is 0 Å². The predicted octanol–water partition coefficient (Wildman–Crippen LogP) is 1.27. The van der Waals surface area contributed by atoms with Gasteiger partial charge < -0.3 is 15.7 Å². The summed E-state index contributed by atoms with van der Waals surface area (Å²) in [7, 11) is 0. The summed E-state index contributed by atoms with van der Waals surface area (Å²) in [6.07, 6.45) is 6.75. The van der Waals surface area contributed by atoms with Gasteiger partial charge in [-0.25, -0.2) is 0 Å². The van der Waals surface area contributed by atoms with Crippen molar-refractivity contribution in [1.82, 2.24) is 4.90 Å². The van der Waals surface area contributed by atoms with Crippen molar-refractivity contribution in [3.63, 3.8) is 0 Å². The van der Waals surface area contributed by atoms with Crippen molar-refractivity contribution in [2.75, 3.05) is 13.1 Å². The number of rotatable bonds is 1. The highest BCUT2D eigenvalue weighted by Crippen LogP contribution is 2.27. The van der Waals surface area contributed by atoms with E-state index in [0.717, 1.165) is 25.7 Å². The lowest BCUT2D eigenvalue weighted by molar-refractivity contribution is -0.140. The van der Waals surface area contributed by atoms with Crippen LogP contribution in [0.3, 0.4) is 0 Å². The normalized spacial score (nSPS) is 32.9. The fourth-order valence-electron chi connectivity index (χ4n) is 3.09. The number of nitrogens with zero attached hydrogens (tertiary/aromatic N) is 1. The third kappa shape index (κ3) is 3.23. The van der Waals surface area contributed by atoms with Crippen LogP contribution in [-0.4, -0.2) is 40.6 Å². The molecular formula is C14H26N2O2. The Balaban J connectivity index is 1.94. The number of amides is 1. The smallest absolute Gasteiger partial charge is 0.227 e. The fourth-order valence-corrected chi connectivity index (χ4v) is 3.09. The van der Waals surface area contributed by atoms with Crippen molar-refractivity contribution < 1.29 is 9.90 Å². The van der Waals surface area contributed by atoms with E-state index < -0.39 is 5.60 Å². The second-order valence-electron chi connectivity index (χ2n) is 6.23. The Morgan fingerprint density at radius 1 is 1.22 bits per heavy atom. The lowest BCUT2D eigenvalue weighted by atomic mass is 9.90. The Kier molecular flexibility index (Phi) is 4.28. The lowest BCUT2D eigenvalue weighted by Gasteiger charge is -2.38. The van der Waals surface area contributed by atoms with Gasteiger partial charge in [0.2, 0.25) is 5.91 Å². The van der Waals surface area contributed by atoms with Gasteiger partial charge in [-0.1, -0.05) is 19.3 Å². The van der Waals surface area contributed by atoms with Crippen LogP contribution in [-0.2, 0) is 4.79 Å². The highest BCUT2D eigenvalue weighted by atomic mass is 16.3. The molecule has 104 valence electrons. The summed E-state index contributed by atoms with van der Waals surface area (Å²) < 4.78 is 0. The number of likely N-dealkylation sites (tertiary alicyclic amines) is 1. The Bertz CT molecular complexity index is 294. The Labute approximate surface area is 110 Å². The van der Waals surface area contributed by atoms with Crippen LogP contribution in [0.4, 0.5) is 0 Å². The van der Waals surface area contributed by atoms with Crippen molar-refractivity contribution in [2.24, 2.45) is 11.7 Å². The third-order valence-electron chi connectivity index (χ3n) is 4.54. The highest BCUT2D eigenvalue weighted by Gasteiger charge is 2.35. The van der Waals surface area contributed by atoms with Gasteiger partial charge in [-0.05, 0) is 32.6 Å². The molecule has 4 heteroatoms. The molecular weight excluding hydrogens is 228 g/mol. The van der Waals surface area contributed by atoms with Crippen LogP contribution in [0.1, 0.15) is 51.9 Å². The van der Waals surface area contributed by atoms with Crippen LogP contribution in [0.5, 0.6) is 0 Å². The van der Waals surface area contributed by atoms with E-state index in [2.05, 4.69) is 0 Å². The number of nitrogens with two attached hydrogens (primary N) is 1. The first-order chi connectivity index (χ1) is 8.49. The van der Waals surface area contributed by atoms with Gasteiger partial charge in [0.25, 0.3) is 0 Å². The minimum absolute atomic E-state index is 0.00977. The molecule has 0 radical (unpaired) electrons. The maximum absolute atomic E-state index is 12.5. The van der Waals surface area contributed by atoms with Gasteiger partial charge in [0.1, 0.15) is 0 Å². The number of aliphatic hydroxyl groups is 1. The molecule has 3 N–H and O–H groups in total. The van der Waals surface area contributed by atoms with Gasteiger partial charge in [0, 0.05) is 19.1 Å². The van der Waals surface area contributed by atoms with Gasteiger partial charge in [-0.15, -0.1) is 0 Å². The molecule has 0 spiro atoms. The fraction of sp³-hybridized carbons (Fsp3) is 0.929. The number of hydrogen-bond donors (Lipinski definition) is 2. The van der Waals surface area contributed by atoms with E-state index in [9.17, 15) is 9.90 Å². The summed E-state index contributed by atoms with van der Waals surface area (Å²) in [5.41, 5.74) is 5.55. The maximum atomic E-state index is 12.5.